The molecule has 0 N–H and O–H groups in total. The van der Waals surface area contributed by atoms with Crippen molar-refractivity contribution in [2.75, 3.05) is 0 Å². The van der Waals surface area contributed by atoms with Gasteiger partial charge in [-0.15, -0.1) is 0 Å². The fourth-order valence-corrected chi connectivity index (χ4v) is 6.67. The number of benzene rings is 3. The molecule has 0 amide bonds. The van der Waals surface area contributed by atoms with Crippen LogP contribution < -0.4 is 4.57 Å². The molecule has 1 saturated carbocycles. The maximum absolute atomic E-state index is 9.71. The Morgan fingerprint density at radius 1 is 0.917 bits per heavy atom. The van der Waals surface area contributed by atoms with E-state index in [0.29, 0.717) is 11.0 Å². The van der Waals surface area contributed by atoms with Crippen molar-refractivity contribution in [3.63, 3.8) is 0 Å². The largest absolute Gasteiger partial charge is 0.307 e. The Morgan fingerprint density at radius 2 is 1.67 bits per heavy atom. The average molecular weight is 476 g/mol. The van der Waals surface area contributed by atoms with E-state index in [1.807, 2.05) is 17.7 Å². The second-order valence-corrected chi connectivity index (χ2v) is 11.6. The number of fused-ring (bicyclic) bond motifs is 6. The molecule has 1 fully saturated rings. The summed E-state index contributed by atoms with van der Waals surface area (Å²) >= 11 is 0. The summed E-state index contributed by atoms with van der Waals surface area (Å²) in [6.45, 7) is 4.64. The Bertz CT molecular complexity index is 1950. The number of rotatable bonds is 2. The Hall–Kier alpha value is -3.39. The second kappa shape index (κ2) is 7.56. The summed E-state index contributed by atoms with van der Waals surface area (Å²) in [4.78, 5) is 0. The number of pyridine rings is 1. The zero-order chi connectivity index (χ0) is 28.2. The highest BCUT2D eigenvalue weighted by molar-refractivity contribution is 6.26. The Balaban J connectivity index is 1.59. The topological polar surface area (TPSA) is 8.29 Å². The van der Waals surface area contributed by atoms with Gasteiger partial charge in [0.05, 0.1) is 22.1 Å². The first-order valence-corrected chi connectivity index (χ1v) is 13.1. The molecule has 0 unspecified atom stereocenters. The predicted molar refractivity (Wildman–Crippen MR) is 152 cm³/mol. The normalized spacial score (nSPS) is 19.6. The number of hydrogen-bond donors (Lipinski definition) is 0. The molecule has 3 aromatic carbocycles. The van der Waals surface area contributed by atoms with E-state index < -0.39 is 12.7 Å². The van der Waals surface area contributed by atoms with Gasteiger partial charge in [0.25, 0.3) is 0 Å². The van der Waals surface area contributed by atoms with Crippen molar-refractivity contribution >= 4 is 38.1 Å². The van der Waals surface area contributed by atoms with Crippen molar-refractivity contribution in [3.8, 4) is 11.3 Å². The molecule has 0 atom stereocenters. The third-order valence-electron chi connectivity index (χ3n) is 8.69. The van der Waals surface area contributed by atoms with Crippen LogP contribution in [0.15, 0.2) is 66.9 Å². The highest BCUT2D eigenvalue weighted by atomic mass is 14.9. The van der Waals surface area contributed by atoms with Crippen LogP contribution in [0.3, 0.4) is 0 Å². The molecule has 0 spiro atoms. The van der Waals surface area contributed by atoms with Gasteiger partial charge in [0.15, 0.2) is 6.20 Å². The molecular weight excluding hydrogens is 436 g/mol. The van der Waals surface area contributed by atoms with Crippen LogP contribution in [0.5, 0.6) is 0 Å². The third-order valence-corrected chi connectivity index (χ3v) is 8.69. The molecule has 1 aliphatic rings. The summed E-state index contributed by atoms with van der Waals surface area (Å²) in [5, 5.41) is 4.80. The lowest BCUT2D eigenvalue weighted by Crippen LogP contribution is -2.31. The molecule has 1 aliphatic carbocycles. The van der Waals surface area contributed by atoms with Crippen LogP contribution in [0, 0.1) is 19.2 Å². The number of aromatic nitrogens is 2. The monoisotopic (exact) mass is 475 g/mol. The van der Waals surface area contributed by atoms with Gasteiger partial charge in [-0.05, 0) is 74.0 Å². The van der Waals surface area contributed by atoms with Gasteiger partial charge in [-0.25, -0.2) is 4.57 Å². The Labute approximate surface area is 219 Å². The van der Waals surface area contributed by atoms with Crippen molar-refractivity contribution in [2.45, 2.75) is 59.2 Å². The molecule has 2 nitrogen and oxygen atoms in total. The number of hydrogen-bond acceptors (Lipinski definition) is 0. The molecule has 0 saturated heterocycles. The van der Waals surface area contributed by atoms with Crippen molar-refractivity contribution in [1.82, 2.24) is 4.40 Å². The molecule has 3 heterocycles. The highest BCUT2D eigenvalue weighted by Gasteiger charge is 2.31. The van der Waals surface area contributed by atoms with Crippen LogP contribution in [0.1, 0.15) is 67.6 Å². The Kier molecular flexibility index (Phi) is 3.77. The number of aryl methyl sites for hydroxylation is 3. The summed E-state index contributed by atoms with van der Waals surface area (Å²) in [6.07, 6.45) is 5.60. The van der Waals surface area contributed by atoms with Crippen molar-refractivity contribution in [1.29, 1.82) is 0 Å². The first kappa shape index (κ1) is 17.9. The molecular formula is C34H35N2+. The molecule has 0 radical (unpaired) electrons. The van der Waals surface area contributed by atoms with Gasteiger partial charge in [0, 0.05) is 38.7 Å². The first-order chi connectivity index (χ1) is 18.9. The van der Waals surface area contributed by atoms with Gasteiger partial charge < -0.3 is 4.40 Å². The summed E-state index contributed by atoms with van der Waals surface area (Å²) < 4.78 is 37.7. The zero-order valence-electron chi connectivity index (χ0n) is 25.6. The van der Waals surface area contributed by atoms with Crippen LogP contribution in [0.4, 0.5) is 0 Å². The minimum absolute atomic E-state index is 0.291. The molecule has 0 bridgehead atoms. The van der Waals surface area contributed by atoms with Crippen LogP contribution in [0.2, 0.25) is 0 Å². The second-order valence-electron chi connectivity index (χ2n) is 11.6. The summed E-state index contributed by atoms with van der Waals surface area (Å²) in [6, 6.07) is 21.2. The summed E-state index contributed by atoms with van der Waals surface area (Å²) in [5.74, 6) is -0.603. The van der Waals surface area contributed by atoms with E-state index in [9.17, 15) is 1.37 Å². The van der Waals surface area contributed by atoms with E-state index in [1.165, 1.54) is 27.1 Å². The number of para-hydroxylation sites is 1. The van der Waals surface area contributed by atoms with E-state index >= 15 is 0 Å². The van der Waals surface area contributed by atoms with Crippen molar-refractivity contribution in [3.05, 3.63) is 83.6 Å². The summed E-state index contributed by atoms with van der Waals surface area (Å²) in [7, 11) is 1.93. The van der Waals surface area contributed by atoms with Gasteiger partial charge in [-0.3, -0.25) is 0 Å². The molecule has 0 aliphatic heterocycles. The van der Waals surface area contributed by atoms with E-state index in [2.05, 4.69) is 73.7 Å². The maximum Gasteiger partial charge on any atom is 0.214 e. The maximum atomic E-state index is 9.71. The van der Waals surface area contributed by atoms with Crippen LogP contribution in [-0.4, -0.2) is 4.40 Å². The van der Waals surface area contributed by atoms with Crippen LogP contribution in [0.25, 0.3) is 49.4 Å². The van der Waals surface area contributed by atoms with Gasteiger partial charge >= 0.3 is 0 Å². The quantitative estimate of drug-likeness (QED) is 0.222. The lowest BCUT2D eigenvalue weighted by molar-refractivity contribution is -0.660. The predicted octanol–water partition coefficient (Wildman–Crippen LogP) is 8.63. The van der Waals surface area contributed by atoms with Gasteiger partial charge in [-0.2, -0.15) is 0 Å². The molecule has 2 heteroatoms. The standard InChI is InChI=1S/C34H35N2/c1-21-10-15-29(35(5)20-21)30-22(2)11-12-25-26-14-13-24(23-16-18-34(3,4)19-17-23)31-27-8-6-7-9-28(27)36(32(25)30)33(26)31/h6-15,20,23H,16-19H2,1-5H3/q+1/i1D3,23D. The van der Waals surface area contributed by atoms with Gasteiger partial charge in [0.2, 0.25) is 5.69 Å². The van der Waals surface area contributed by atoms with E-state index in [4.69, 9.17) is 4.11 Å². The average Bonchev–Trinajstić information content (AvgIpc) is 3.42. The van der Waals surface area contributed by atoms with E-state index in [0.717, 1.165) is 59.1 Å². The lowest BCUT2D eigenvalue weighted by atomic mass is 9.71. The third kappa shape index (κ3) is 3.00. The van der Waals surface area contributed by atoms with Crippen molar-refractivity contribution < 1.29 is 10.1 Å². The SMILES string of the molecule is [2H]C([2H])([2H])c1ccc(-c2c(C)ccc3c4ccc(C5([2H])CCC(C)(C)CC5)c5c6ccccc6n(c23)c45)[n+](C)c1. The van der Waals surface area contributed by atoms with Crippen LogP contribution >= 0.6 is 0 Å². The first-order valence-electron chi connectivity index (χ1n) is 15.1. The van der Waals surface area contributed by atoms with Gasteiger partial charge in [0.1, 0.15) is 7.05 Å². The van der Waals surface area contributed by atoms with E-state index in [1.54, 1.807) is 12.3 Å². The fraction of sp³-hybridized carbons (Fsp3) is 0.324. The zero-order valence-corrected chi connectivity index (χ0v) is 21.6. The smallest absolute Gasteiger partial charge is 0.214 e. The lowest BCUT2D eigenvalue weighted by Gasteiger charge is -2.34. The van der Waals surface area contributed by atoms with Gasteiger partial charge in [-0.1, -0.05) is 56.3 Å². The molecule has 36 heavy (non-hydrogen) atoms. The Morgan fingerprint density at radius 3 is 2.44 bits per heavy atom. The fourth-order valence-electron chi connectivity index (χ4n) is 6.67. The summed E-state index contributed by atoms with van der Waals surface area (Å²) in [5.41, 5.74) is 8.49. The molecule has 3 aromatic heterocycles. The van der Waals surface area contributed by atoms with Crippen LogP contribution in [-0.2, 0) is 7.05 Å². The van der Waals surface area contributed by atoms with Crippen molar-refractivity contribution in [2.24, 2.45) is 12.5 Å². The van der Waals surface area contributed by atoms with E-state index in [-0.39, 0.29) is 0 Å². The minimum Gasteiger partial charge on any atom is -0.307 e. The highest BCUT2D eigenvalue weighted by Crippen LogP contribution is 2.49. The molecule has 180 valence electrons. The minimum atomic E-state index is -2.15. The number of nitrogens with zero attached hydrogens (tertiary/aromatic N) is 2. The molecule has 6 aromatic rings. The molecule has 7 rings (SSSR count).